The first-order chi connectivity index (χ1) is 14.0. The summed E-state index contributed by atoms with van der Waals surface area (Å²) in [6.07, 6.45) is -2.39. The average Bonchev–Trinajstić information content (AvgIpc) is 2.97. The molecule has 165 valence electrons. The number of aliphatic hydroxyl groups excluding tert-OH is 1. The zero-order valence-corrected chi connectivity index (χ0v) is 16.6. The lowest BCUT2D eigenvalue weighted by Crippen LogP contribution is -2.36. The molecule has 4 rings (SSSR count). The molecule has 31 heavy (non-hydrogen) atoms. The number of alkyl halides is 3. The van der Waals surface area contributed by atoms with Gasteiger partial charge in [-0.25, -0.2) is 18.4 Å². The number of halogens is 3. The molecule has 0 aromatic heterocycles. The van der Waals surface area contributed by atoms with E-state index in [1.807, 2.05) is 0 Å². The van der Waals surface area contributed by atoms with Gasteiger partial charge in [-0.1, -0.05) is 18.2 Å². The molecule has 0 spiro atoms. The predicted molar refractivity (Wildman–Crippen MR) is 106 cm³/mol. The Kier molecular flexibility index (Phi) is 5.52. The predicted octanol–water partition coefficient (Wildman–Crippen LogP) is 2.15. The van der Waals surface area contributed by atoms with Gasteiger partial charge in [0.25, 0.3) is 0 Å². The fraction of sp³-hybridized carbons (Fsp3) is 0.111. The molecule has 4 N–H and O–H groups in total. The number of benzene rings is 2. The molecule has 9 nitrogen and oxygen atoms in total. The lowest BCUT2D eigenvalue weighted by Gasteiger charge is -2.27. The molecular weight excluding hydrogens is 441 g/mol. The highest BCUT2D eigenvalue weighted by molar-refractivity contribution is 7.89. The van der Waals surface area contributed by atoms with E-state index in [0.717, 1.165) is 23.4 Å². The van der Waals surface area contributed by atoms with E-state index in [1.54, 1.807) is 24.3 Å². The maximum absolute atomic E-state index is 12.3. The van der Waals surface area contributed by atoms with Gasteiger partial charge in [-0.3, -0.25) is 4.72 Å². The molecule has 13 heteroatoms. The second kappa shape index (κ2) is 7.68. The van der Waals surface area contributed by atoms with Crippen molar-refractivity contribution in [2.45, 2.75) is 6.36 Å². The summed E-state index contributed by atoms with van der Waals surface area (Å²) >= 11 is 0. The zero-order valence-electron chi connectivity index (χ0n) is 15.8. The summed E-state index contributed by atoms with van der Waals surface area (Å²) in [4.78, 5) is 0. The molecule has 2 heterocycles. The number of rotatable bonds is 4. The highest BCUT2D eigenvalue weighted by Crippen LogP contribution is 2.39. The van der Waals surface area contributed by atoms with Gasteiger partial charge in [0.15, 0.2) is 0 Å². The molecule has 0 bridgehead atoms. The van der Waals surface area contributed by atoms with Crippen molar-refractivity contribution in [1.29, 1.82) is 0 Å². The van der Waals surface area contributed by atoms with Gasteiger partial charge < -0.3 is 15.3 Å². The van der Waals surface area contributed by atoms with E-state index in [-0.39, 0.29) is 28.4 Å². The van der Waals surface area contributed by atoms with Crippen molar-refractivity contribution < 1.29 is 36.9 Å². The molecule has 2 aliphatic rings. The summed E-state index contributed by atoms with van der Waals surface area (Å²) in [5, 5.41) is 13.2. The first kappa shape index (κ1) is 22.3. The molecule has 0 amide bonds. The van der Waals surface area contributed by atoms with Crippen LogP contribution in [0.5, 0.6) is 5.75 Å². The third-order valence-corrected chi connectivity index (χ3v) is 4.74. The summed E-state index contributed by atoms with van der Waals surface area (Å²) in [7, 11) is -3.59. The van der Waals surface area contributed by atoms with E-state index in [9.17, 15) is 26.7 Å². The average molecular weight is 457 g/mol. The molecule has 2 aliphatic heterocycles. The molecule has 1 radical (unpaired) electrons. The summed E-state index contributed by atoms with van der Waals surface area (Å²) in [6, 6.07) is 11.6. The normalized spacial score (nSPS) is 15.7. The van der Waals surface area contributed by atoms with E-state index in [0.29, 0.717) is 11.3 Å². The smallest absolute Gasteiger partial charge is 0.492 e. The van der Waals surface area contributed by atoms with Crippen molar-refractivity contribution in [3.8, 4) is 5.75 Å². The second-order valence-electron chi connectivity index (χ2n) is 6.41. The highest BCUT2D eigenvalue weighted by atomic mass is 32.2. The maximum atomic E-state index is 12.3. The Morgan fingerprint density at radius 3 is 2.32 bits per heavy atom. The van der Waals surface area contributed by atoms with Gasteiger partial charge in [-0.2, -0.15) is 0 Å². The summed E-state index contributed by atoms with van der Waals surface area (Å²) < 4.78 is 66.7. The summed E-state index contributed by atoms with van der Waals surface area (Å²) in [5.74, 6) is -0.748. The van der Waals surface area contributed by atoms with Crippen LogP contribution in [0.25, 0.3) is 5.70 Å². The topological polar surface area (TPSA) is 128 Å². The first-order valence-electron chi connectivity index (χ1n) is 8.42. The van der Waals surface area contributed by atoms with E-state index in [2.05, 4.69) is 15.0 Å². The molecule has 2 aromatic carbocycles. The van der Waals surface area contributed by atoms with Gasteiger partial charge in [-0.15, -0.1) is 13.2 Å². The molecule has 2 aromatic rings. The Bertz CT molecular complexity index is 1160. The van der Waals surface area contributed by atoms with Crippen LogP contribution in [-0.4, -0.2) is 31.6 Å². The zero-order chi connectivity index (χ0) is 21.7. The maximum Gasteiger partial charge on any atom is 0.573 e. The van der Waals surface area contributed by atoms with Gasteiger partial charge >= 0.3 is 6.36 Å². The van der Waals surface area contributed by atoms with Crippen LogP contribution in [0.1, 0.15) is 5.56 Å². The van der Waals surface area contributed by atoms with Gasteiger partial charge in [0, 0.05) is 5.56 Å². The van der Waals surface area contributed by atoms with Crippen LogP contribution in [0.2, 0.25) is 0 Å². The number of nitrogens with one attached hydrogen (secondary N) is 1. The van der Waals surface area contributed by atoms with Gasteiger partial charge in [0.1, 0.15) is 11.4 Å². The van der Waals surface area contributed by atoms with Gasteiger partial charge in [0.05, 0.1) is 23.3 Å². The van der Waals surface area contributed by atoms with Gasteiger partial charge in [-0.05, 0) is 41.9 Å². The fourth-order valence-corrected chi connectivity index (χ4v) is 3.60. The number of anilines is 2. The quantitative estimate of drug-likeness (QED) is 0.724. The number of para-hydroxylation sites is 1. The first-order valence-corrected chi connectivity index (χ1v) is 10.3. The number of hydrogen-bond donors (Lipinski definition) is 2. The van der Waals surface area contributed by atoms with Gasteiger partial charge in [0.2, 0.25) is 15.9 Å². The van der Waals surface area contributed by atoms with E-state index in [4.69, 9.17) is 0 Å². The Hall–Kier alpha value is -3.42. The van der Waals surface area contributed by atoms with Crippen LogP contribution < -0.4 is 25.0 Å². The summed E-state index contributed by atoms with van der Waals surface area (Å²) in [5.41, 5.74) is 6.05. The van der Waals surface area contributed by atoms with E-state index in [1.165, 1.54) is 23.2 Å². The third-order valence-electron chi connectivity index (χ3n) is 4.15. The molecular formula is C18H16F3N4O5S. The van der Waals surface area contributed by atoms with E-state index >= 15 is 0 Å². The number of hydrogen-bond acceptors (Lipinski definition) is 6. The van der Waals surface area contributed by atoms with Crippen molar-refractivity contribution >= 4 is 27.1 Å². The van der Waals surface area contributed by atoms with Crippen LogP contribution in [0, 0.1) is 0 Å². The number of allylic oxidation sites excluding steroid dienone is 1. The Labute approximate surface area is 174 Å². The highest BCUT2D eigenvalue weighted by Gasteiger charge is 2.37. The van der Waals surface area contributed by atoms with Crippen LogP contribution in [0.15, 0.2) is 66.2 Å². The van der Waals surface area contributed by atoms with Crippen molar-refractivity contribution in [3.63, 3.8) is 0 Å². The Morgan fingerprint density at radius 2 is 1.71 bits per heavy atom. The van der Waals surface area contributed by atoms with Crippen LogP contribution in [-0.2, 0) is 10.0 Å². The number of sulfonamides is 1. The minimum atomic E-state index is -4.82. The molecule has 0 saturated carbocycles. The minimum absolute atomic E-state index is 0. The molecule has 0 aliphatic carbocycles. The number of aliphatic hydroxyl groups is 1. The van der Waals surface area contributed by atoms with E-state index < -0.39 is 22.1 Å². The number of ether oxygens (including phenoxy) is 1. The molecule has 0 saturated heterocycles. The Balaban J connectivity index is 0.00000272. The van der Waals surface area contributed by atoms with Crippen LogP contribution >= 0.6 is 0 Å². The van der Waals surface area contributed by atoms with Crippen molar-refractivity contribution in [2.24, 2.45) is 0 Å². The standard InChI is InChI=1S/C18H14F3N4O4S.H2O/c1-30(27,28)22-14-10-16-17(26)24(23-25(16)15-5-3-2-4-13(14)15)11-6-8-12(9-7-11)29-18(19,20)21;/h2-10,22,26H,1H3;1H2. The number of fused-ring (bicyclic) bond motifs is 3. The van der Waals surface area contributed by atoms with Crippen LogP contribution in [0.3, 0.4) is 0 Å². The van der Waals surface area contributed by atoms with Crippen molar-refractivity contribution in [1.82, 2.24) is 10.3 Å². The number of nitrogens with zero attached hydrogens (tertiary/aromatic N) is 3. The molecule has 0 atom stereocenters. The van der Waals surface area contributed by atoms with Crippen molar-refractivity contribution in [3.05, 3.63) is 71.8 Å². The molecule has 0 unspecified atom stereocenters. The lowest BCUT2D eigenvalue weighted by molar-refractivity contribution is -0.274. The Morgan fingerprint density at radius 1 is 1.06 bits per heavy atom. The third kappa shape index (κ3) is 4.52. The summed E-state index contributed by atoms with van der Waals surface area (Å²) in [6.45, 7) is 0. The lowest BCUT2D eigenvalue weighted by atomic mass is 10.0. The monoisotopic (exact) mass is 457 g/mol. The fourth-order valence-electron chi connectivity index (χ4n) is 3.03. The minimum Gasteiger partial charge on any atom is -0.492 e. The largest absolute Gasteiger partial charge is 0.573 e. The van der Waals surface area contributed by atoms with Crippen molar-refractivity contribution in [2.75, 3.05) is 16.3 Å². The SMILES string of the molecule is CS(=O)(=O)NC1=CC2=C(O)N(c3ccc(OC(F)(F)F)cc3)[N]N2c2ccccc21.O. The second-order valence-corrected chi connectivity index (χ2v) is 8.16. The molecule has 0 fully saturated rings. The van der Waals surface area contributed by atoms with Crippen LogP contribution in [0.4, 0.5) is 24.5 Å².